The molecule has 0 aliphatic heterocycles. The lowest BCUT2D eigenvalue weighted by atomic mass is 10.1. The first-order valence-corrected chi connectivity index (χ1v) is 6.25. The molecule has 1 aromatic carbocycles. The lowest BCUT2D eigenvalue weighted by molar-refractivity contribution is 0.320. The molecule has 0 amide bonds. The predicted molar refractivity (Wildman–Crippen MR) is 73.1 cm³/mol. The van der Waals surface area contributed by atoms with Crippen molar-refractivity contribution in [2.45, 2.75) is 0 Å². The van der Waals surface area contributed by atoms with E-state index < -0.39 is 0 Å². The molecule has 2 rings (SSSR count). The highest BCUT2D eigenvalue weighted by Gasteiger charge is 2.00. The van der Waals surface area contributed by atoms with Gasteiger partial charge >= 0.3 is 0 Å². The van der Waals surface area contributed by atoms with Crippen LogP contribution in [0.3, 0.4) is 0 Å². The maximum atomic E-state index is 8.98. The SMILES string of the molecule is O/N=C(\C=C\c1cccs1)c1ccc(Cl)cc1. The Morgan fingerprint density at radius 3 is 2.59 bits per heavy atom. The summed E-state index contributed by atoms with van der Waals surface area (Å²) in [4.78, 5) is 1.11. The molecule has 0 bridgehead atoms. The minimum atomic E-state index is 0.509. The molecule has 0 aliphatic carbocycles. The van der Waals surface area contributed by atoms with Crippen LogP contribution < -0.4 is 0 Å². The van der Waals surface area contributed by atoms with Gasteiger partial charge in [-0.05, 0) is 35.7 Å². The molecule has 2 nitrogen and oxygen atoms in total. The zero-order valence-corrected chi connectivity index (χ0v) is 10.4. The summed E-state index contributed by atoms with van der Waals surface area (Å²) in [7, 11) is 0. The molecular formula is C13H10ClNOS. The van der Waals surface area contributed by atoms with Crippen molar-refractivity contribution in [3.05, 3.63) is 63.3 Å². The number of hydrogen-bond acceptors (Lipinski definition) is 3. The highest BCUT2D eigenvalue weighted by Crippen LogP contribution is 2.14. The van der Waals surface area contributed by atoms with Gasteiger partial charge in [-0.15, -0.1) is 11.3 Å². The van der Waals surface area contributed by atoms with E-state index in [1.54, 1.807) is 29.5 Å². The van der Waals surface area contributed by atoms with Crippen molar-refractivity contribution in [3.8, 4) is 0 Å². The second kappa shape index (κ2) is 5.66. The highest BCUT2D eigenvalue weighted by atomic mass is 35.5. The van der Waals surface area contributed by atoms with Crippen molar-refractivity contribution < 1.29 is 5.21 Å². The molecule has 0 radical (unpaired) electrons. The number of benzene rings is 1. The van der Waals surface area contributed by atoms with Gasteiger partial charge in [0.2, 0.25) is 0 Å². The fraction of sp³-hybridized carbons (Fsp3) is 0. The summed E-state index contributed by atoms with van der Waals surface area (Å²) < 4.78 is 0. The molecule has 2 aromatic rings. The average molecular weight is 264 g/mol. The Morgan fingerprint density at radius 2 is 2.00 bits per heavy atom. The van der Waals surface area contributed by atoms with Gasteiger partial charge in [0.1, 0.15) is 5.71 Å². The summed E-state index contributed by atoms with van der Waals surface area (Å²) >= 11 is 7.43. The third-order valence-electron chi connectivity index (χ3n) is 2.20. The van der Waals surface area contributed by atoms with Crippen molar-refractivity contribution in [1.82, 2.24) is 0 Å². The van der Waals surface area contributed by atoms with Crippen LogP contribution in [0.25, 0.3) is 6.08 Å². The number of nitrogens with zero attached hydrogens (tertiary/aromatic N) is 1. The van der Waals surface area contributed by atoms with E-state index in [2.05, 4.69) is 5.16 Å². The van der Waals surface area contributed by atoms with Crippen molar-refractivity contribution in [1.29, 1.82) is 0 Å². The monoisotopic (exact) mass is 263 g/mol. The average Bonchev–Trinajstić information content (AvgIpc) is 2.85. The summed E-state index contributed by atoms with van der Waals surface area (Å²) in [6, 6.07) is 11.1. The molecule has 1 aromatic heterocycles. The minimum Gasteiger partial charge on any atom is -0.410 e. The van der Waals surface area contributed by atoms with Crippen molar-refractivity contribution in [2.75, 3.05) is 0 Å². The van der Waals surface area contributed by atoms with Crippen molar-refractivity contribution in [2.24, 2.45) is 5.16 Å². The Hall–Kier alpha value is -1.58. The number of oxime groups is 1. The Bertz CT molecular complexity index is 529. The molecule has 1 N–H and O–H groups in total. The van der Waals surface area contributed by atoms with Crippen LogP contribution in [0.15, 0.2) is 53.0 Å². The third-order valence-corrected chi connectivity index (χ3v) is 3.29. The molecule has 86 valence electrons. The number of hydrogen-bond donors (Lipinski definition) is 1. The first-order valence-electron chi connectivity index (χ1n) is 4.99. The van der Waals surface area contributed by atoms with Gasteiger partial charge in [0.05, 0.1) is 0 Å². The van der Waals surface area contributed by atoms with E-state index in [-0.39, 0.29) is 0 Å². The van der Waals surface area contributed by atoms with Gasteiger partial charge in [-0.2, -0.15) is 0 Å². The van der Waals surface area contributed by atoms with Gasteiger partial charge in [0, 0.05) is 15.5 Å². The topological polar surface area (TPSA) is 32.6 Å². The summed E-state index contributed by atoms with van der Waals surface area (Å²) in [5.74, 6) is 0. The third kappa shape index (κ3) is 3.19. The number of rotatable bonds is 3. The zero-order valence-electron chi connectivity index (χ0n) is 8.88. The number of thiophene rings is 1. The van der Waals surface area contributed by atoms with Crippen LogP contribution in [0.4, 0.5) is 0 Å². The molecule has 1 heterocycles. The van der Waals surface area contributed by atoms with Gasteiger partial charge in [-0.3, -0.25) is 0 Å². The summed E-state index contributed by atoms with van der Waals surface area (Å²) in [6.07, 6.45) is 3.68. The Balaban J connectivity index is 2.20. The molecule has 0 saturated heterocycles. The Morgan fingerprint density at radius 1 is 1.24 bits per heavy atom. The molecule has 17 heavy (non-hydrogen) atoms. The molecule has 0 saturated carbocycles. The molecule has 0 unspecified atom stereocenters. The van der Waals surface area contributed by atoms with Crippen LogP contribution in [0, 0.1) is 0 Å². The second-order valence-corrected chi connectivity index (χ2v) is 4.76. The Labute approximate surface area is 108 Å². The normalized spacial score (nSPS) is 12.2. The molecule has 0 fully saturated rings. The number of allylic oxidation sites excluding steroid dienone is 1. The minimum absolute atomic E-state index is 0.509. The molecule has 4 heteroatoms. The summed E-state index contributed by atoms with van der Waals surface area (Å²) in [5.41, 5.74) is 1.33. The number of halogens is 1. The van der Waals surface area contributed by atoms with Gasteiger partial charge in [-0.1, -0.05) is 35.0 Å². The summed E-state index contributed by atoms with van der Waals surface area (Å²) in [6.45, 7) is 0. The van der Waals surface area contributed by atoms with Crippen LogP contribution in [-0.2, 0) is 0 Å². The van der Waals surface area contributed by atoms with E-state index in [0.29, 0.717) is 10.7 Å². The predicted octanol–water partition coefficient (Wildman–Crippen LogP) is 4.29. The van der Waals surface area contributed by atoms with Crippen LogP contribution in [0.5, 0.6) is 0 Å². The summed E-state index contributed by atoms with van der Waals surface area (Å²) in [5, 5.41) is 14.9. The van der Waals surface area contributed by atoms with Crippen molar-refractivity contribution in [3.63, 3.8) is 0 Å². The van der Waals surface area contributed by atoms with E-state index in [1.165, 1.54) is 0 Å². The quantitative estimate of drug-likeness (QED) is 0.500. The van der Waals surface area contributed by atoms with Gasteiger partial charge in [0.15, 0.2) is 0 Å². The van der Waals surface area contributed by atoms with Gasteiger partial charge in [0.25, 0.3) is 0 Å². The molecule has 0 atom stereocenters. The maximum absolute atomic E-state index is 8.98. The van der Waals surface area contributed by atoms with Gasteiger partial charge < -0.3 is 5.21 Å². The first-order chi connectivity index (χ1) is 8.29. The smallest absolute Gasteiger partial charge is 0.109 e. The fourth-order valence-corrected chi connectivity index (χ4v) is 2.10. The van der Waals surface area contributed by atoms with Crippen LogP contribution in [-0.4, -0.2) is 10.9 Å². The molecular weight excluding hydrogens is 254 g/mol. The largest absolute Gasteiger partial charge is 0.410 e. The second-order valence-electron chi connectivity index (χ2n) is 3.34. The van der Waals surface area contributed by atoms with Crippen LogP contribution in [0.2, 0.25) is 5.02 Å². The molecule has 0 aliphatic rings. The van der Waals surface area contributed by atoms with E-state index >= 15 is 0 Å². The fourth-order valence-electron chi connectivity index (χ4n) is 1.36. The maximum Gasteiger partial charge on any atom is 0.109 e. The van der Waals surface area contributed by atoms with E-state index in [4.69, 9.17) is 16.8 Å². The lowest BCUT2D eigenvalue weighted by Crippen LogP contribution is -1.95. The first kappa shape index (κ1) is 11.9. The Kier molecular flexibility index (Phi) is 3.96. The van der Waals surface area contributed by atoms with Crippen LogP contribution in [0.1, 0.15) is 10.4 Å². The molecule has 0 spiro atoms. The van der Waals surface area contributed by atoms with Crippen molar-refractivity contribution >= 4 is 34.7 Å². The van der Waals surface area contributed by atoms with E-state index in [9.17, 15) is 0 Å². The van der Waals surface area contributed by atoms with E-state index in [1.807, 2.05) is 35.7 Å². The van der Waals surface area contributed by atoms with E-state index in [0.717, 1.165) is 10.4 Å². The standard InChI is InChI=1S/C13H10ClNOS/c14-11-5-3-10(4-6-11)13(15-16)8-7-12-2-1-9-17-12/h1-9,16H/b8-7+,15-13+. The van der Waals surface area contributed by atoms with Crippen LogP contribution >= 0.6 is 22.9 Å². The highest BCUT2D eigenvalue weighted by molar-refractivity contribution is 7.10. The lowest BCUT2D eigenvalue weighted by Gasteiger charge is -1.98. The van der Waals surface area contributed by atoms with Gasteiger partial charge in [-0.25, -0.2) is 0 Å². The zero-order chi connectivity index (χ0) is 12.1.